The van der Waals surface area contributed by atoms with Crippen LogP contribution in [-0.2, 0) is 19.5 Å². The summed E-state index contributed by atoms with van der Waals surface area (Å²) in [4.78, 5) is 0. The summed E-state index contributed by atoms with van der Waals surface area (Å²) in [6.07, 6.45) is 0. The molecule has 0 amide bonds. The Balaban J connectivity index is 0. The molecular formula is C7H7IOZn-. The van der Waals surface area contributed by atoms with Gasteiger partial charge >= 0.3 is 0 Å². The van der Waals surface area contributed by atoms with Gasteiger partial charge in [-0.3, -0.25) is 0 Å². The summed E-state index contributed by atoms with van der Waals surface area (Å²) in [5, 5.41) is 0. The first-order chi connectivity index (χ1) is 3.93. The van der Waals surface area contributed by atoms with Crippen molar-refractivity contribution in [3.8, 4) is 5.75 Å². The number of hydrogen-bond donors (Lipinski definition) is 0. The molecule has 3 heteroatoms. The van der Waals surface area contributed by atoms with E-state index in [1.165, 1.54) is 0 Å². The number of rotatable bonds is 1. The number of ether oxygens (including phenoxy) is 1. The zero-order valence-electron chi connectivity index (χ0n) is 5.80. The molecule has 0 fully saturated rings. The molecule has 0 aromatic heterocycles. The van der Waals surface area contributed by atoms with Crippen LogP contribution in [0.5, 0.6) is 5.75 Å². The Bertz CT molecular complexity index is 155. The van der Waals surface area contributed by atoms with Crippen LogP contribution in [0.1, 0.15) is 0 Å². The van der Waals surface area contributed by atoms with Crippen LogP contribution >= 0.6 is 0 Å². The van der Waals surface area contributed by atoms with E-state index in [2.05, 4.69) is 6.07 Å². The third-order valence-corrected chi connectivity index (χ3v) is 0.914. The van der Waals surface area contributed by atoms with Gasteiger partial charge in [-0.1, -0.05) is 12.1 Å². The summed E-state index contributed by atoms with van der Waals surface area (Å²) in [5.74, 6) is 0.854. The molecule has 0 saturated carbocycles. The smallest absolute Gasteiger partial charge is 0.119 e. The van der Waals surface area contributed by atoms with Crippen molar-refractivity contribution in [2.24, 2.45) is 0 Å². The molecule has 1 radical (unpaired) electrons. The maximum Gasteiger partial charge on any atom is 0.119 e. The van der Waals surface area contributed by atoms with Gasteiger partial charge in [-0.2, -0.15) is 0 Å². The van der Waals surface area contributed by atoms with Gasteiger partial charge in [-0.05, 0) is 18.2 Å². The average molecular weight is 299 g/mol. The van der Waals surface area contributed by atoms with E-state index in [-0.39, 0.29) is 43.5 Å². The largest absolute Gasteiger partial charge is 1.00 e. The van der Waals surface area contributed by atoms with Crippen LogP contribution in [0, 0.1) is 6.07 Å². The molecule has 1 aromatic rings. The molecule has 0 saturated heterocycles. The van der Waals surface area contributed by atoms with E-state index in [9.17, 15) is 0 Å². The monoisotopic (exact) mass is 298 g/mol. The minimum atomic E-state index is 0. The van der Waals surface area contributed by atoms with Crippen LogP contribution < -0.4 is 28.7 Å². The fourth-order valence-electron chi connectivity index (χ4n) is 0.504. The Morgan fingerprint density at radius 3 is 2.50 bits per heavy atom. The van der Waals surface area contributed by atoms with Crippen molar-refractivity contribution >= 4 is 0 Å². The van der Waals surface area contributed by atoms with Crippen LogP contribution in [0.3, 0.4) is 0 Å². The molecule has 0 unspecified atom stereocenters. The van der Waals surface area contributed by atoms with E-state index in [4.69, 9.17) is 4.74 Å². The van der Waals surface area contributed by atoms with E-state index < -0.39 is 0 Å². The van der Waals surface area contributed by atoms with Gasteiger partial charge in [0.2, 0.25) is 0 Å². The summed E-state index contributed by atoms with van der Waals surface area (Å²) in [5.41, 5.74) is 0. The van der Waals surface area contributed by atoms with Gasteiger partial charge in [-0.15, -0.1) is 0 Å². The maximum atomic E-state index is 4.88. The Labute approximate surface area is 90.9 Å². The van der Waals surface area contributed by atoms with Gasteiger partial charge in [0.05, 0.1) is 7.11 Å². The SMILES string of the molecule is COc1c[c]ccc1.[I-].[Zn]. The second-order valence-corrected chi connectivity index (χ2v) is 1.44. The average Bonchev–Trinajstić information content (AvgIpc) is 1.90. The first-order valence-corrected chi connectivity index (χ1v) is 2.43. The number of hydrogen-bond acceptors (Lipinski definition) is 1. The Morgan fingerprint density at radius 1 is 1.50 bits per heavy atom. The van der Waals surface area contributed by atoms with Crippen LogP contribution in [0.4, 0.5) is 0 Å². The van der Waals surface area contributed by atoms with Crippen molar-refractivity contribution in [1.29, 1.82) is 0 Å². The molecule has 0 bridgehead atoms. The molecule has 0 heterocycles. The zero-order valence-corrected chi connectivity index (χ0v) is 10.9. The quantitative estimate of drug-likeness (QED) is 0.453. The molecule has 51 valence electrons. The van der Waals surface area contributed by atoms with Gasteiger partial charge < -0.3 is 28.7 Å². The van der Waals surface area contributed by atoms with Crippen LogP contribution in [0.25, 0.3) is 0 Å². The zero-order chi connectivity index (χ0) is 5.82. The van der Waals surface area contributed by atoms with Gasteiger partial charge in [0, 0.05) is 19.5 Å². The van der Waals surface area contributed by atoms with Gasteiger partial charge in [0.15, 0.2) is 0 Å². The van der Waals surface area contributed by atoms with Gasteiger partial charge in [0.25, 0.3) is 0 Å². The first kappa shape index (κ1) is 13.0. The Kier molecular flexibility index (Phi) is 9.72. The Hall–Kier alpha value is 0.373. The van der Waals surface area contributed by atoms with Crippen molar-refractivity contribution in [2.45, 2.75) is 0 Å². The fourth-order valence-corrected chi connectivity index (χ4v) is 0.504. The summed E-state index contributed by atoms with van der Waals surface area (Å²) in [7, 11) is 1.64. The minimum absolute atomic E-state index is 0. The molecule has 10 heavy (non-hydrogen) atoms. The molecule has 0 N–H and O–H groups in total. The third kappa shape index (κ3) is 4.23. The summed E-state index contributed by atoms with van der Waals surface area (Å²) in [6, 6.07) is 10.3. The van der Waals surface area contributed by atoms with E-state index in [1.807, 2.05) is 18.2 Å². The predicted molar refractivity (Wildman–Crippen MR) is 31.8 cm³/mol. The van der Waals surface area contributed by atoms with Crippen LogP contribution in [-0.4, -0.2) is 7.11 Å². The minimum Gasteiger partial charge on any atom is -1.00 e. The molecule has 1 nitrogen and oxygen atoms in total. The molecular weight excluding hydrogens is 292 g/mol. The summed E-state index contributed by atoms with van der Waals surface area (Å²) < 4.78 is 4.88. The molecule has 0 spiro atoms. The van der Waals surface area contributed by atoms with Gasteiger partial charge in [0.1, 0.15) is 5.75 Å². The predicted octanol–water partition coefficient (Wildman–Crippen LogP) is -1.50. The van der Waals surface area contributed by atoms with E-state index >= 15 is 0 Å². The standard InChI is InChI=1S/C7H7O.HI.Zn/c1-8-7-5-3-2-4-6-7;;/h2-3,5-6H,1H3;1H;/p-1. The molecule has 1 rings (SSSR count). The number of methoxy groups -OCH3 is 1. The normalized spacial score (nSPS) is 6.90. The van der Waals surface area contributed by atoms with Crippen molar-refractivity contribution in [2.75, 3.05) is 7.11 Å². The molecule has 0 aliphatic rings. The first-order valence-electron chi connectivity index (χ1n) is 2.43. The van der Waals surface area contributed by atoms with Crippen molar-refractivity contribution in [3.05, 3.63) is 30.3 Å². The van der Waals surface area contributed by atoms with Crippen molar-refractivity contribution in [1.82, 2.24) is 0 Å². The van der Waals surface area contributed by atoms with Gasteiger partial charge in [-0.25, -0.2) is 0 Å². The van der Waals surface area contributed by atoms with E-state index in [0.29, 0.717) is 0 Å². The molecule has 0 aliphatic carbocycles. The second-order valence-electron chi connectivity index (χ2n) is 1.44. The molecule has 0 atom stereocenters. The van der Waals surface area contributed by atoms with Crippen LogP contribution in [0.2, 0.25) is 0 Å². The third-order valence-electron chi connectivity index (χ3n) is 0.914. The number of halogens is 1. The topological polar surface area (TPSA) is 9.23 Å². The fraction of sp³-hybridized carbons (Fsp3) is 0.143. The summed E-state index contributed by atoms with van der Waals surface area (Å²) >= 11 is 0. The summed E-state index contributed by atoms with van der Waals surface area (Å²) in [6.45, 7) is 0. The van der Waals surface area contributed by atoms with Crippen molar-refractivity contribution < 1.29 is 48.2 Å². The Morgan fingerprint density at radius 2 is 2.20 bits per heavy atom. The molecule has 1 aromatic carbocycles. The number of benzene rings is 1. The van der Waals surface area contributed by atoms with Crippen LogP contribution in [0.15, 0.2) is 24.3 Å². The van der Waals surface area contributed by atoms with E-state index in [1.54, 1.807) is 13.2 Å². The van der Waals surface area contributed by atoms with Crippen molar-refractivity contribution in [3.63, 3.8) is 0 Å². The van der Waals surface area contributed by atoms with E-state index in [0.717, 1.165) is 5.75 Å². The molecule has 0 aliphatic heterocycles. The maximum absolute atomic E-state index is 4.88. The second kappa shape index (κ2) is 7.48.